The van der Waals surface area contributed by atoms with Crippen molar-refractivity contribution < 1.29 is 9.13 Å². The summed E-state index contributed by atoms with van der Waals surface area (Å²) >= 11 is 0. The minimum Gasteiger partial charge on any atom is -0.489 e. The van der Waals surface area contributed by atoms with Crippen LogP contribution in [0.5, 0.6) is 5.75 Å². The number of hydrogen-bond acceptors (Lipinski definition) is 5. The van der Waals surface area contributed by atoms with Gasteiger partial charge in [0.1, 0.15) is 11.9 Å². The lowest BCUT2D eigenvalue weighted by Crippen LogP contribution is -2.47. The second kappa shape index (κ2) is 8.74. The van der Waals surface area contributed by atoms with Gasteiger partial charge >= 0.3 is 0 Å². The van der Waals surface area contributed by atoms with Crippen molar-refractivity contribution in [1.82, 2.24) is 10.6 Å². The van der Waals surface area contributed by atoms with Crippen molar-refractivity contribution in [3.05, 3.63) is 29.5 Å². The Bertz CT molecular complexity index is 776. The smallest absolute Gasteiger partial charge is 0.132 e. The number of nitrogens with one attached hydrogen (secondary N) is 3. The molecule has 0 radical (unpaired) electrons. The van der Waals surface area contributed by atoms with Crippen molar-refractivity contribution in [3.63, 3.8) is 0 Å². The minimum atomic E-state index is -0.920. The lowest BCUT2D eigenvalue weighted by molar-refractivity contribution is 0.118. The van der Waals surface area contributed by atoms with Gasteiger partial charge in [-0.05, 0) is 64.1 Å². The molecule has 3 N–H and O–H groups in total. The number of piperidine rings is 1. The van der Waals surface area contributed by atoms with Crippen molar-refractivity contribution in [3.8, 4) is 5.75 Å². The zero-order valence-corrected chi connectivity index (χ0v) is 17.5. The summed E-state index contributed by atoms with van der Waals surface area (Å²) in [6, 6.07) is 4.50. The van der Waals surface area contributed by atoms with Crippen LogP contribution in [0.1, 0.15) is 50.2 Å². The second-order valence-corrected chi connectivity index (χ2v) is 8.64. The first kappa shape index (κ1) is 20.2. The summed E-state index contributed by atoms with van der Waals surface area (Å²) < 4.78 is 20.6. The fraction of sp³-hybridized carbons (Fsp3) is 0.609. The van der Waals surface area contributed by atoms with E-state index in [1.807, 2.05) is 0 Å². The van der Waals surface area contributed by atoms with Crippen molar-refractivity contribution >= 4 is 17.5 Å². The monoisotopic (exact) mass is 400 g/mol. The number of hydrogen-bond donors (Lipinski definition) is 3. The third-order valence-electron chi connectivity index (χ3n) is 6.75. The van der Waals surface area contributed by atoms with E-state index in [1.165, 1.54) is 23.9 Å². The van der Waals surface area contributed by atoms with Crippen molar-refractivity contribution in [2.45, 2.75) is 69.8 Å². The van der Waals surface area contributed by atoms with Crippen LogP contribution in [0.2, 0.25) is 0 Å². The van der Waals surface area contributed by atoms with Gasteiger partial charge in [-0.2, -0.15) is 0 Å². The molecule has 0 spiro atoms. The van der Waals surface area contributed by atoms with E-state index < -0.39 is 6.17 Å². The van der Waals surface area contributed by atoms with E-state index in [0.717, 1.165) is 55.5 Å². The largest absolute Gasteiger partial charge is 0.489 e. The standard InChI is InChI=1S/C23H33FN4O/c1-15-6-7-19-22(28(15)2)9-8-18(23(19)29-17-4-3-5-17)16(12-25)13-27-21-10-11-26-14-20(21)24/h8-9,12-13,15,17,20-21,25-27H,3-7,10-11,14H2,1-2H3/b16-13+,25-12?. The van der Waals surface area contributed by atoms with Crippen molar-refractivity contribution in [2.75, 3.05) is 25.0 Å². The highest BCUT2D eigenvalue weighted by Gasteiger charge is 2.29. The fourth-order valence-corrected chi connectivity index (χ4v) is 4.39. The molecule has 6 heteroatoms. The third kappa shape index (κ3) is 4.13. The Morgan fingerprint density at radius 1 is 1.31 bits per heavy atom. The molecule has 158 valence electrons. The van der Waals surface area contributed by atoms with E-state index in [4.69, 9.17) is 10.1 Å². The second-order valence-electron chi connectivity index (χ2n) is 8.64. The zero-order chi connectivity index (χ0) is 20.4. The predicted octanol–water partition coefficient (Wildman–Crippen LogP) is 3.67. The maximum absolute atomic E-state index is 14.2. The van der Waals surface area contributed by atoms with Gasteiger partial charge in [-0.3, -0.25) is 0 Å². The molecule has 1 aliphatic carbocycles. The van der Waals surface area contributed by atoms with Crippen LogP contribution in [-0.2, 0) is 6.42 Å². The quantitative estimate of drug-likeness (QED) is 0.638. The van der Waals surface area contributed by atoms with Crippen LogP contribution in [0.4, 0.5) is 10.1 Å². The van der Waals surface area contributed by atoms with Gasteiger partial charge in [0.25, 0.3) is 0 Å². The summed E-state index contributed by atoms with van der Waals surface area (Å²) in [7, 11) is 2.14. The van der Waals surface area contributed by atoms with Gasteiger partial charge in [0, 0.05) is 54.4 Å². The number of ether oxygens (including phenoxy) is 1. The summed E-state index contributed by atoms with van der Waals surface area (Å²) in [4.78, 5) is 2.32. The average Bonchev–Trinajstić information content (AvgIpc) is 2.69. The highest BCUT2D eigenvalue weighted by molar-refractivity contribution is 6.09. The molecule has 0 amide bonds. The number of anilines is 1. The van der Waals surface area contributed by atoms with Gasteiger partial charge in [-0.1, -0.05) is 0 Å². The summed E-state index contributed by atoms with van der Waals surface area (Å²) in [6.45, 7) is 3.44. The Balaban J connectivity index is 1.67. The molecule has 0 aromatic heterocycles. The van der Waals surface area contributed by atoms with Gasteiger partial charge in [-0.25, -0.2) is 4.39 Å². The molecule has 3 atom stereocenters. The molecular weight excluding hydrogens is 367 g/mol. The van der Waals surface area contributed by atoms with E-state index in [-0.39, 0.29) is 12.1 Å². The predicted molar refractivity (Wildman–Crippen MR) is 117 cm³/mol. The first-order chi connectivity index (χ1) is 14.1. The van der Waals surface area contributed by atoms with Crippen LogP contribution in [0, 0.1) is 5.41 Å². The average molecular weight is 401 g/mol. The van der Waals surface area contributed by atoms with E-state index in [1.54, 1.807) is 6.20 Å². The summed E-state index contributed by atoms with van der Waals surface area (Å²) in [5, 5.41) is 14.3. The Labute approximate surface area is 173 Å². The third-order valence-corrected chi connectivity index (χ3v) is 6.75. The molecule has 5 nitrogen and oxygen atoms in total. The normalized spacial score (nSPS) is 27.8. The summed E-state index contributed by atoms with van der Waals surface area (Å²) in [5.41, 5.74) is 4.15. The minimum absolute atomic E-state index is 0.216. The number of nitrogens with zero attached hydrogens (tertiary/aromatic N) is 1. The van der Waals surface area contributed by atoms with E-state index in [2.05, 4.69) is 41.6 Å². The van der Waals surface area contributed by atoms with Crippen molar-refractivity contribution in [1.29, 1.82) is 5.41 Å². The van der Waals surface area contributed by atoms with E-state index >= 15 is 0 Å². The molecule has 2 aliphatic heterocycles. The molecule has 1 aromatic carbocycles. The number of halogens is 1. The van der Waals surface area contributed by atoms with Crippen LogP contribution in [0.15, 0.2) is 18.3 Å². The maximum Gasteiger partial charge on any atom is 0.132 e. The van der Waals surface area contributed by atoms with Gasteiger partial charge < -0.3 is 25.7 Å². The first-order valence-corrected chi connectivity index (χ1v) is 11.0. The Kier molecular flexibility index (Phi) is 6.09. The molecule has 1 saturated carbocycles. The molecule has 1 saturated heterocycles. The molecule has 0 bridgehead atoms. The topological polar surface area (TPSA) is 60.4 Å². The van der Waals surface area contributed by atoms with Crippen LogP contribution in [0.3, 0.4) is 0 Å². The molecule has 1 aromatic rings. The van der Waals surface area contributed by atoms with Crippen LogP contribution in [0.25, 0.3) is 5.57 Å². The number of rotatable bonds is 6. The SMILES string of the molecule is CC1CCc2c(ccc(/C(C=N)=C/NC3CCNCC3F)c2OC2CCC2)N1C. The lowest BCUT2D eigenvalue weighted by Gasteiger charge is -2.37. The van der Waals surface area contributed by atoms with Gasteiger partial charge in [0.05, 0.1) is 12.1 Å². The van der Waals surface area contributed by atoms with E-state index in [9.17, 15) is 4.39 Å². The van der Waals surface area contributed by atoms with Crippen molar-refractivity contribution in [2.24, 2.45) is 0 Å². The number of alkyl halides is 1. The Morgan fingerprint density at radius 2 is 2.14 bits per heavy atom. The van der Waals surface area contributed by atoms with Gasteiger partial charge in [0.15, 0.2) is 0 Å². The van der Waals surface area contributed by atoms with Crippen LogP contribution in [-0.4, -0.2) is 50.7 Å². The van der Waals surface area contributed by atoms with Crippen LogP contribution >= 0.6 is 0 Å². The van der Waals surface area contributed by atoms with E-state index in [0.29, 0.717) is 12.6 Å². The lowest BCUT2D eigenvalue weighted by atomic mass is 9.91. The number of allylic oxidation sites excluding steroid dienone is 1. The Hall–Kier alpha value is -2.08. The maximum atomic E-state index is 14.2. The van der Waals surface area contributed by atoms with Gasteiger partial charge in [-0.15, -0.1) is 0 Å². The molecular formula is C23H33FN4O. The molecule has 3 unspecified atom stereocenters. The fourth-order valence-electron chi connectivity index (χ4n) is 4.39. The molecule has 4 rings (SSSR count). The highest BCUT2D eigenvalue weighted by atomic mass is 19.1. The van der Waals surface area contributed by atoms with Gasteiger partial charge in [0.2, 0.25) is 0 Å². The Morgan fingerprint density at radius 3 is 2.83 bits per heavy atom. The molecule has 2 heterocycles. The zero-order valence-electron chi connectivity index (χ0n) is 17.5. The first-order valence-electron chi connectivity index (χ1n) is 11.0. The summed E-state index contributed by atoms with van der Waals surface area (Å²) in [5.74, 6) is 0.921. The number of benzene rings is 1. The molecule has 29 heavy (non-hydrogen) atoms. The highest BCUT2D eigenvalue weighted by Crippen LogP contribution is 2.42. The summed E-state index contributed by atoms with van der Waals surface area (Å²) in [6.07, 6.45) is 8.72. The molecule has 3 aliphatic rings. The van der Waals surface area contributed by atoms with Crippen LogP contribution < -0.4 is 20.3 Å². The number of fused-ring (bicyclic) bond motifs is 1. The molecule has 2 fully saturated rings.